The molecule has 0 aromatic carbocycles. The molecule has 104 valence electrons. The first-order valence-electron chi connectivity index (χ1n) is 6.83. The minimum absolute atomic E-state index is 0.0621. The molecule has 0 unspecified atom stereocenters. The standard InChI is InChI=1S/C14H20N2O3/c1-14(9-15-10-14)19-8-13(17)16(11-4-5-11)7-12-3-2-6-18-12/h2-3,6,11,15H,4-5,7-10H2,1H3. The maximum Gasteiger partial charge on any atom is 0.249 e. The van der Waals surface area contributed by atoms with Gasteiger partial charge in [0.15, 0.2) is 0 Å². The molecule has 3 rings (SSSR count). The number of nitrogens with one attached hydrogen (secondary N) is 1. The summed E-state index contributed by atoms with van der Waals surface area (Å²) in [5, 5.41) is 3.16. The summed E-state index contributed by atoms with van der Waals surface area (Å²) in [6.07, 6.45) is 3.82. The quantitative estimate of drug-likeness (QED) is 0.837. The van der Waals surface area contributed by atoms with Crippen LogP contribution >= 0.6 is 0 Å². The molecule has 1 aliphatic carbocycles. The largest absolute Gasteiger partial charge is 0.467 e. The summed E-state index contributed by atoms with van der Waals surface area (Å²) in [4.78, 5) is 14.2. The van der Waals surface area contributed by atoms with Gasteiger partial charge in [-0.25, -0.2) is 0 Å². The van der Waals surface area contributed by atoms with Gasteiger partial charge in [-0.2, -0.15) is 0 Å². The maximum atomic E-state index is 12.3. The molecule has 0 radical (unpaired) electrons. The van der Waals surface area contributed by atoms with Gasteiger partial charge >= 0.3 is 0 Å². The second kappa shape index (κ2) is 4.98. The van der Waals surface area contributed by atoms with E-state index in [-0.39, 0.29) is 18.1 Å². The Labute approximate surface area is 112 Å². The summed E-state index contributed by atoms with van der Waals surface area (Å²) >= 11 is 0. The summed E-state index contributed by atoms with van der Waals surface area (Å²) in [6.45, 7) is 4.39. The van der Waals surface area contributed by atoms with E-state index < -0.39 is 0 Å². The van der Waals surface area contributed by atoms with Crippen molar-refractivity contribution in [3.8, 4) is 0 Å². The smallest absolute Gasteiger partial charge is 0.249 e. The van der Waals surface area contributed by atoms with Gasteiger partial charge in [0, 0.05) is 19.1 Å². The van der Waals surface area contributed by atoms with Gasteiger partial charge < -0.3 is 19.4 Å². The number of furan rings is 1. The van der Waals surface area contributed by atoms with Gasteiger partial charge in [-0.3, -0.25) is 4.79 Å². The number of amides is 1. The zero-order chi connectivity index (χ0) is 13.3. The Kier molecular flexibility index (Phi) is 3.33. The fourth-order valence-corrected chi connectivity index (χ4v) is 2.28. The molecule has 2 aliphatic rings. The Balaban J connectivity index is 1.55. The highest BCUT2D eigenvalue weighted by Gasteiger charge is 2.36. The minimum atomic E-state index is -0.171. The van der Waals surface area contributed by atoms with Gasteiger partial charge in [0.1, 0.15) is 12.4 Å². The van der Waals surface area contributed by atoms with Gasteiger partial charge in [0.05, 0.1) is 18.4 Å². The van der Waals surface area contributed by atoms with Crippen molar-refractivity contribution in [1.82, 2.24) is 10.2 Å². The van der Waals surface area contributed by atoms with E-state index in [1.165, 1.54) is 0 Å². The van der Waals surface area contributed by atoms with Crippen LogP contribution in [0.2, 0.25) is 0 Å². The third-order valence-electron chi connectivity index (χ3n) is 3.76. The summed E-state index contributed by atoms with van der Waals surface area (Å²) in [7, 11) is 0. The first-order chi connectivity index (χ1) is 9.16. The van der Waals surface area contributed by atoms with E-state index in [9.17, 15) is 4.79 Å². The third-order valence-corrected chi connectivity index (χ3v) is 3.76. The second-order valence-corrected chi connectivity index (χ2v) is 5.67. The van der Waals surface area contributed by atoms with Crippen LogP contribution in [-0.4, -0.2) is 42.1 Å². The first kappa shape index (κ1) is 12.7. The van der Waals surface area contributed by atoms with Gasteiger partial charge in [-0.05, 0) is 31.9 Å². The van der Waals surface area contributed by atoms with Crippen molar-refractivity contribution in [1.29, 1.82) is 0 Å². The van der Waals surface area contributed by atoms with Crippen LogP contribution in [0.5, 0.6) is 0 Å². The number of hydrogen-bond acceptors (Lipinski definition) is 4. The zero-order valence-corrected chi connectivity index (χ0v) is 11.2. The van der Waals surface area contributed by atoms with Gasteiger partial charge in [-0.15, -0.1) is 0 Å². The van der Waals surface area contributed by atoms with E-state index in [1.807, 2.05) is 24.0 Å². The van der Waals surface area contributed by atoms with Crippen molar-refractivity contribution < 1.29 is 13.9 Å². The van der Waals surface area contributed by atoms with Crippen molar-refractivity contribution in [3.05, 3.63) is 24.2 Å². The van der Waals surface area contributed by atoms with E-state index in [4.69, 9.17) is 9.15 Å². The summed E-state index contributed by atoms with van der Waals surface area (Å²) in [6, 6.07) is 4.12. The van der Waals surface area contributed by atoms with Crippen LogP contribution < -0.4 is 5.32 Å². The van der Waals surface area contributed by atoms with Crippen LogP contribution in [0.15, 0.2) is 22.8 Å². The molecular weight excluding hydrogens is 244 g/mol. The van der Waals surface area contributed by atoms with Crippen LogP contribution in [0.25, 0.3) is 0 Å². The topological polar surface area (TPSA) is 54.7 Å². The lowest BCUT2D eigenvalue weighted by Gasteiger charge is -2.39. The van der Waals surface area contributed by atoms with E-state index in [1.54, 1.807) is 6.26 Å². The molecule has 1 aromatic rings. The minimum Gasteiger partial charge on any atom is -0.467 e. The average molecular weight is 264 g/mol. The molecule has 1 saturated carbocycles. The predicted molar refractivity (Wildman–Crippen MR) is 69.5 cm³/mol. The van der Waals surface area contributed by atoms with Crippen molar-refractivity contribution in [2.24, 2.45) is 0 Å². The van der Waals surface area contributed by atoms with E-state index in [2.05, 4.69) is 5.32 Å². The van der Waals surface area contributed by atoms with Crippen molar-refractivity contribution >= 4 is 5.91 Å². The van der Waals surface area contributed by atoms with Gasteiger partial charge in [0.25, 0.3) is 0 Å². The van der Waals surface area contributed by atoms with Gasteiger partial charge in [-0.1, -0.05) is 0 Å². The Hall–Kier alpha value is -1.33. The van der Waals surface area contributed by atoms with E-state index in [0.717, 1.165) is 31.7 Å². The number of hydrogen-bond donors (Lipinski definition) is 1. The normalized spacial score (nSPS) is 20.9. The Morgan fingerprint density at radius 3 is 2.89 bits per heavy atom. The summed E-state index contributed by atoms with van der Waals surface area (Å²) in [5.41, 5.74) is -0.171. The lowest BCUT2D eigenvalue weighted by Crippen LogP contribution is -2.59. The number of nitrogens with zero attached hydrogens (tertiary/aromatic N) is 1. The molecular formula is C14H20N2O3. The highest BCUT2D eigenvalue weighted by molar-refractivity contribution is 5.78. The van der Waals surface area contributed by atoms with Crippen molar-refractivity contribution in [3.63, 3.8) is 0 Å². The Bertz CT molecular complexity index is 436. The highest BCUT2D eigenvalue weighted by Crippen LogP contribution is 2.29. The second-order valence-electron chi connectivity index (χ2n) is 5.67. The Morgan fingerprint density at radius 1 is 1.58 bits per heavy atom. The first-order valence-corrected chi connectivity index (χ1v) is 6.83. The molecule has 1 aromatic heterocycles. The van der Waals surface area contributed by atoms with Crippen molar-refractivity contribution in [2.45, 2.75) is 38.0 Å². The molecule has 1 amide bonds. The number of rotatable bonds is 6. The zero-order valence-electron chi connectivity index (χ0n) is 11.2. The van der Waals surface area contributed by atoms with E-state index >= 15 is 0 Å². The summed E-state index contributed by atoms with van der Waals surface area (Å²) in [5.74, 6) is 0.892. The highest BCUT2D eigenvalue weighted by atomic mass is 16.5. The fourth-order valence-electron chi connectivity index (χ4n) is 2.28. The number of carbonyl (C=O) groups is 1. The lowest BCUT2D eigenvalue weighted by molar-refractivity contribution is -0.147. The maximum absolute atomic E-state index is 12.3. The van der Waals surface area contributed by atoms with E-state index in [0.29, 0.717) is 12.6 Å². The molecule has 1 aliphatic heterocycles. The van der Waals surface area contributed by atoms with Gasteiger partial charge in [0.2, 0.25) is 5.91 Å². The molecule has 2 heterocycles. The molecule has 0 atom stereocenters. The molecule has 5 heteroatoms. The van der Waals surface area contributed by atoms with Crippen LogP contribution in [0.1, 0.15) is 25.5 Å². The summed E-state index contributed by atoms with van der Waals surface area (Å²) < 4.78 is 11.0. The van der Waals surface area contributed by atoms with Crippen LogP contribution in [0.3, 0.4) is 0 Å². The van der Waals surface area contributed by atoms with Crippen LogP contribution in [0, 0.1) is 0 Å². The predicted octanol–water partition coefficient (Wildman–Crippen LogP) is 1.15. The molecule has 2 fully saturated rings. The fraction of sp³-hybridized carbons (Fsp3) is 0.643. The number of carbonyl (C=O) groups excluding carboxylic acids is 1. The van der Waals surface area contributed by atoms with Crippen LogP contribution in [0.4, 0.5) is 0 Å². The van der Waals surface area contributed by atoms with Crippen molar-refractivity contribution in [2.75, 3.05) is 19.7 Å². The monoisotopic (exact) mass is 264 g/mol. The SMILES string of the molecule is CC1(OCC(=O)N(Cc2ccco2)C2CC2)CNC1. The Morgan fingerprint density at radius 2 is 2.37 bits per heavy atom. The number of ether oxygens (including phenoxy) is 1. The molecule has 5 nitrogen and oxygen atoms in total. The molecule has 0 bridgehead atoms. The lowest BCUT2D eigenvalue weighted by atomic mass is 10.0. The van der Waals surface area contributed by atoms with Crippen LogP contribution in [-0.2, 0) is 16.1 Å². The third kappa shape index (κ3) is 2.98. The molecule has 1 saturated heterocycles. The molecule has 0 spiro atoms. The molecule has 19 heavy (non-hydrogen) atoms. The molecule has 1 N–H and O–H groups in total. The average Bonchev–Trinajstić information content (AvgIpc) is 3.08.